The molecule has 17 heavy (non-hydrogen) atoms. The van der Waals surface area contributed by atoms with Gasteiger partial charge in [0, 0.05) is 6.04 Å². The molecular formula is C16H25N. The summed E-state index contributed by atoms with van der Waals surface area (Å²) in [6, 6.07) is 2.76. The quantitative estimate of drug-likeness (QED) is 0.779. The lowest BCUT2D eigenvalue weighted by Crippen LogP contribution is -2.26. The summed E-state index contributed by atoms with van der Waals surface area (Å²) in [5.41, 5.74) is 13.5. The Morgan fingerprint density at radius 1 is 0.882 bits per heavy atom. The molecule has 0 spiro atoms. The Hall–Kier alpha value is -0.820. The highest BCUT2D eigenvalue weighted by Crippen LogP contribution is 2.37. The third-order valence-electron chi connectivity index (χ3n) is 4.60. The molecular weight excluding hydrogens is 206 g/mol. The zero-order valence-electron chi connectivity index (χ0n) is 11.6. The van der Waals surface area contributed by atoms with Gasteiger partial charge >= 0.3 is 0 Å². The van der Waals surface area contributed by atoms with Gasteiger partial charge in [-0.05, 0) is 87.1 Å². The number of nitrogens with two attached hydrogens (primary N) is 1. The topological polar surface area (TPSA) is 26.0 Å². The third-order valence-corrected chi connectivity index (χ3v) is 4.60. The molecule has 1 heteroatoms. The second kappa shape index (κ2) is 4.81. The van der Waals surface area contributed by atoms with Crippen LogP contribution >= 0.6 is 0 Å². The van der Waals surface area contributed by atoms with E-state index >= 15 is 0 Å². The maximum Gasteiger partial charge on any atom is 0.00392 e. The Bertz CT molecular complexity index is 386. The van der Waals surface area contributed by atoms with E-state index in [0.29, 0.717) is 6.04 Å². The van der Waals surface area contributed by atoms with Crippen molar-refractivity contribution in [3.8, 4) is 0 Å². The summed E-state index contributed by atoms with van der Waals surface area (Å²) in [5, 5.41) is 0. The Balaban J connectivity index is 2.37. The van der Waals surface area contributed by atoms with Gasteiger partial charge in [-0.15, -0.1) is 0 Å². The van der Waals surface area contributed by atoms with Crippen molar-refractivity contribution < 1.29 is 0 Å². The van der Waals surface area contributed by atoms with Crippen LogP contribution in [0.2, 0.25) is 0 Å². The smallest absolute Gasteiger partial charge is 0.00392 e. The van der Waals surface area contributed by atoms with Crippen molar-refractivity contribution in [2.75, 3.05) is 0 Å². The van der Waals surface area contributed by atoms with E-state index in [2.05, 4.69) is 33.8 Å². The number of hydrogen-bond acceptors (Lipinski definition) is 1. The van der Waals surface area contributed by atoms with Crippen molar-refractivity contribution >= 4 is 0 Å². The minimum Gasteiger partial charge on any atom is -0.328 e. The van der Waals surface area contributed by atoms with E-state index in [1.54, 1.807) is 5.56 Å². The molecule has 0 unspecified atom stereocenters. The molecule has 0 aromatic heterocycles. The SMILES string of the molecule is Cc1cc(C)c(C)c(C2CCC(N)CC2)c1C. The van der Waals surface area contributed by atoms with Crippen molar-refractivity contribution in [3.63, 3.8) is 0 Å². The molecule has 1 nitrogen and oxygen atoms in total. The first-order valence-electron chi connectivity index (χ1n) is 6.83. The average molecular weight is 231 g/mol. The Morgan fingerprint density at radius 2 is 1.35 bits per heavy atom. The summed E-state index contributed by atoms with van der Waals surface area (Å²) in [5.74, 6) is 0.744. The molecule has 0 aliphatic heterocycles. The highest BCUT2D eigenvalue weighted by atomic mass is 14.6. The van der Waals surface area contributed by atoms with E-state index in [9.17, 15) is 0 Å². The zero-order valence-corrected chi connectivity index (χ0v) is 11.6. The zero-order chi connectivity index (χ0) is 12.6. The van der Waals surface area contributed by atoms with Crippen LogP contribution in [0.15, 0.2) is 6.07 Å². The molecule has 0 heterocycles. The van der Waals surface area contributed by atoms with Crippen LogP contribution in [0.1, 0.15) is 59.4 Å². The van der Waals surface area contributed by atoms with Gasteiger partial charge in [0.1, 0.15) is 0 Å². The maximum atomic E-state index is 6.01. The second-order valence-electron chi connectivity index (χ2n) is 5.79. The van der Waals surface area contributed by atoms with Gasteiger partial charge in [0.15, 0.2) is 0 Å². The number of rotatable bonds is 1. The first kappa shape index (κ1) is 12.6. The first-order chi connectivity index (χ1) is 8.00. The summed E-state index contributed by atoms with van der Waals surface area (Å²) in [6.07, 6.45) is 4.92. The van der Waals surface area contributed by atoms with Crippen molar-refractivity contribution in [2.24, 2.45) is 5.73 Å². The molecule has 0 radical (unpaired) electrons. The maximum absolute atomic E-state index is 6.01. The predicted octanol–water partition coefficient (Wildman–Crippen LogP) is 3.91. The number of aryl methyl sites for hydroxylation is 2. The summed E-state index contributed by atoms with van der Waals surface area (Å²) in [4.78, 5) is 0. The predicted molar refractivity (Wildman–Crippen MR) is 74.6 cm³/mol. The van der Waals surface area contributed by atoms with Crippen LogP contribution in [0, 0.1) is 27.7 Å². The van der Waals surface area contributed by atoms with Crippen molar-refractivity contribution in [3.05, 3.63) is 33.9 Å². The molecule has 2 rings (SSSR count). The van der Waals surface area contributed by atoms with Crippen LogP contribution in [0.3, 0.4) is 0 Å². The summed E-state index contributed by atoms with van der Waals surface area (Å²) in [6.45, 7) is 9.04. The minimum atomic E-state index is 0.442. The number of hydrogen-bond donors (Lipinski definition) is 1. The van der Waals surface area contributed by atoms with E-state index in [1.807, 2.05) is 0 Å². The Labute approximate surface area is 105 Å². The minimum absolute atomic E-state index is 0.442. The van der Waals surface area contributed by atoms with Gasteiger partial charge in [-0.3, -0.25) is 0 Å². The fraction of sp³-hybridized carbons (Fsp3) is 0.625. The van der Waals surface area contributed by atoms with E-state index in [0.717, 1.165) is 5.92 Å². The average Bonchev–Trinajstić information content (AvgIpc) is 2.29. The number of benzene rings is 1. The Morgan fingerprint density at radius 3 is 1.82 bits per heavy atom. The molecule has 0 bridgehead atoms. The van der Waals surface area contributed by atoms with Crippen LogP contribution in [0.4, 0.5) is 0 Å². The van der Waals surface area contributed by atoms with Crippen molar-refractivity contribution in [2.45, 2.75) is 65.3 Å². The summed E-state index contributed by atoms with van der Waals surface area (Å²) < 4.78 is 0. The van der Waals surface area contributed by atoms with Gasteiger partial charge < -0.3 is 5.73 Å². The molecule has 94 valence electrons. The fourth-order valence-electron chi connectivity index (χ4n) is 3.27. The normalized spacial score (nSPS) is 25.0. The molecule has 0 amide bonds. The third kappa shape index (κ3) is 2.40. The lowest BCUT2D eigenvalue weighted by Gasteiger charge is -2.30. The van der Waals surface area contributed by atoms with Crippen molar-refractivity contribution in [1.82, 2.24) is 0 Å². The van der Waals surface area contributed by atoms with Crippen LogP contribution in [0.5, 0.6) is 0 Å². The summed E-state index contributed by atoms with van der Waals surface area (Å²) >= 11 is 0. The van der Waals surface area contributed by atoms with Gasteiger partial charge in [-0.2, -0.15) is 0 Å². The van der Waals surface area contributed by atoms with E-state index in [4.69, 9.17) is 5.73 Å². The van der Waals surface area contributed by atoms with Gasteiger partial charge in [-0.25, -0.2) is 0 Å². The fourth-order valence-corrected chi connectivity index (χ4v) is 3.27. The van der Waals surface area contributed by atoms with E-state index in [1.165, 1.54) is 47.9 Å². The van der Waals surface area contributed by atoms with Crippen LogP contribution in [-0.2, 0) is 0 Å². The molecule has 1 fully saturated rings. The van der Waals surface area contributed by atoms with Crippen LogP contribution in [-0.4, -0.2) is 6.04 Å². The Kier molecular flexibility index (Phi) is 3.58. The molecule has 0 atom stereocenters. The monoisotopic (exact) mass is 231 g/mol. The van der Waals surface area contributed by atoms with Gasteiger partial charge in [0.05, 0.1) is 0 Å². The van der Waals surface area contributed by atoms with E-state index in [-0.39, 0.29) is 0 Å². The molecule has 1 aromatic carbocycles. The standard InChI is InChI=1S/C16H25N/c1-10-9-11(2)13(4)16(12(10)3)14-5-7-15(17)8-6-14/h9,14-15H,5-8,17H2,1-4H3. The van der Waals surface area contributed by atoms with Crippen LogP contribution in [0.25, 0.3) is 0 Å². The van der Waals surface area contributed by atoms with Gasteiger partial charge in [0.2, 0.25) is 0 Å². The molecule has 0 saturated heterocycles. The lowest BCUT2D eigenvalue weighted by molar-refractivity contribution is 0.393. The molecule has 1 saturated carbocycles. The first-order valence-corrected chi connectivity index (χ1v) is 6.83. The molecule has 1 aliphatic rings. The summed E-state index contributed by atoms with van der Waals surface area (Å²) in [7, 11) is 0. The lowest BCUT2D eigenvalue weighted by atomic mass is 9.77. The highest BCUT2D eigenvalue weighted by molar-refractivity contribution is 5.46. The van der Waals surface area contributed by atoms with Gasteiger partial charge in [0.25, 0.3) is 0 Å². The van der Waals surface area contributed by atoms with Crippen LogP contribution < -0.4 is 5.73 Å². The van der Waals surface area contributed by atoms with Gasteiger partial charge in [-0.1, -0.05) is 6.07 Å². The molecule has 1 aliphatic carbocycles. The molecule has 1 aromatic rings. The van der Waals surface area contributed by atoms with Crippen molar-refractivity contribution in [1.29, 1.82) is 0 Å². The second-order valence-corrected chi connectivity index (χ2v) is 5.79. The largest absolute Gasteiger partial charge is 0.328 e. The van der Waals surface area contributed by atoms with E-state index < -0.39 is 0 Å². The highest BCUT2D eigenvalue weighted by Gasteiger charge is 2.23. The molecule has 2 N–H and O–H groups in total.